The van der Waals surface area contributed by atoms with Gasteiger partial charge in [0.25, 0.3) is 0 Å². The molecule has 0 unspecified atom stereocenters. The van der Waals surface area contributed by atoms with Crippen LogP contribution in [-0.2, 0) is 13.1 Å². The van der Waals surface area contributed by atoms with Crippen LogP contribution >= 0.6 is 0 Å². The Labute approximate surface area is 143 Å². The van der Waals surface area contributed by atoms with Gasteiger partial charge in [0.05, 0.1) is 6.20 Å². The number of hydrogen-bond donors (Lipinski definition) is 2. The second-order valence-electron chi connectivity index (χ2n) is 7.10. The number of benzene rings is 1. The highest BCUT2D eigenvalue weighted by Crippen LogP contribution is 2.26. The third-order valence-electron chi connectivity index (χ3n) is 4.59. The maximum absolute atomic E-state index is 13.2. The van der Waals surface area contributed by atoms with E-state index in [0.717, 1.165) is 32.6 Å². The Balaban J connectivity index is 1.61. The van der Waals surface area contributed by atoms with E-state index in [1.165, 1.54) is 11.1 Å². The van der Waals surface area contributed by atoms with Gasteiger partial charge in [-0.05, 0) is 36.6 Å². The molecule has 4 nitrogen and oxygen atoms in total. The van der Waals surface area contributed by atoms with Gasteiger partial charge in [-0.15, -0.1) is 0 Å². The first-order valence-electron chi connectivity index (χ1n) is 8.82. The molecule has 0 bridgehead atoms. The molecule has 0 amide bonds. The standard InChI is InChI=1S/C19H27FN4/c1-14(2)12-24-13-15(10-23-24)9-22-19-11-21-8-7-18(19)16-3-5-17(20)6-4-16/h3-6,10,13-14,18-19,21-22H,7-9,11-12H2,1-2H3/t18-,19-/m1/s1. The fraction of sp³-hybridized carbons (Fsp3) is 0.526. The molecule has 1 aromatic heterocycles. The molecule has 0 radical (unpaired) electrons. The van der Waals surface area contributed by atoms with Crippen molar-refractivity contribution in [3.8, 4) is 0 Å². The van der Waals surface area contributed by atoms with Crippen molar-refractivity contribution in [2.45, 2.75) is 45.3 Å². The van der Waals surface area contributed by atoms with Gasteiger partial charge in [-0.25, -0.2) is 4.39 Å². The first kappa shape index (κ1) is 17.1. The molecule has 1 aliphatic rings. The van der Waals surface area contributed by atoms with Gasteiger partial charge in [0.1, 0.15) is 5.82 Å². The van der Waals surface area contributed by atoms with Crippen LogP contribution in [0.3, 0.4) is 0 Å². The molecular formula is C19H27FN4. The average Bonchev–Trinajstić information content (AvgIpc) is 3.01. The molecule has 2 atom stereocenters. The molecular weight excluding hydrogens is 303 g/mol. The van der Waals surface area contributed by atoms with Crippen molar-refractivity contribution < 1.29 is 4.39 Å². The van der Waals surface area contributed by atoms with Crippen LogP contribution in [0.15, 0.2) is 36.7 Å². The lowest BCUT2D eigenvalue weighted by Crippen LogP contribution is -2.47. The summed E-state index contributed by atoms with van der Waals surface area (Å²) >= 11 is 0. The monoisotopic (exact) mass is 330 g/mol. The smallest absolute Gasteiger partial charge is 0.123 e. The van der Waals surface area contributed by atoms with E-state index in [1.807, 2.05) is 23.0 Å². The number of halogens is 1. The van der Waals surface area contributed by atoms with Crippen molar-refractivity contribution in [2.24, 2.45) is 5.92 Å². The summed E-state index contributed by atoms with van der Waals surface area (Å²) in [5, 5.41) is 11.5. The lowest BCUT2D eigenvalue weighted by molar-refractivity contribution is 0.342. The zero-order valence-electron chi connectivity index (χ0n) is 14.5. The molecule has 1 aliphatic heterocycles. The fourth-order valence-corrected chi connectivity index (χ4v) is 3.40. The van der Waals surface area contributed by atoms with Crippen molar-refractivity contribution in [3.05, 3.63) is 53.6 Å². The molecule has 1 saturated heterocycles. The summed E-state index contributed by atoms with van der Waals surface area (Å²) < 4.78 is 15.2. The van der Waals surface area contributed by atoms with Gasteiger partial charge < -0.3 is 10.6 Å². The fourth-order valence-electron chi connectivity index (χ4n) is 3.40. The quantitative estimate of drug-likeness (QED) is 0.856. The van der Waals surface area contributed by atoms with E-state index in [1.54, 1.807) is 12.1 Å². The van der Waals surface area contributed by atoms with E-state index in [4.69, 9.17) is 0 Å². The number of piperidine rings is 1. The van der Waals surface area contributed by atoms with Gasteiger partial charge in [-0.2, -0.15) is 5.10 Å². The van der Waals surface area contributed by atoms with Crippen molar-refractivity contribution in [1.82, 2.24) is 20.4 Å². The van der Waals surface area contributed by atoms with Crippen LogP contribution in [0.25, 0.3) is 0 Å². The molecule has 130 valence electrons. The minimum absolute atomic E-state index is 0.172. The molecule has 0 spiro atoms. The van der Waals surface area contributed by atoms with Gasteiger partial charge in [0.2, 0.25) is 0 Å². The molecule has 3 rings (SSSR count). The van der Waals surface area contributed by atoms with Crippen LogP contribution in [0.1, 0.15) is 37.3 Å². The van der Waals surface area contributed by atoms with Crippen LogP contribution < -0.4 is 10.6 Å². The SMILES string of the molecule is CC(C)Cn1cc(CN[C@@H]2CNCC[C@@H]2c2ccc(F)cc2)cn1. The zero-order chi connectivity index (χ0) is 16.9. The summed E-state index contributed by atoms with van der Waals surface area (Å²) in [5.41, 5.74) is 2.42. The Kier molecular flexibility index (Phi) is 5.63. The maximum atomic E-state index is 13.2. The first-order chi connectivity index (χ1) is 11.6. The topological polar surface area (TPSA) is 41.9 Å². The van der Waals surface area contributed by atoms with Gasteiger partial charge in [-0.1, -0.05) is 26.0 Å². The second-order valence-corrected chi connectivity index (χ2v) is 7.10. The van der Waals surface area contributed by atoms with E-state index in [-0.39, 0.29) is 5.82 Å². The Hall–Kier alpha value is -1.72. The van der Waals surface area contributed by atoms with Crippen molar-refractivity contribution in [1.29, 1.82) is 0 Å². The highest BCUT2D eigenvalue weighted by molar-refractivity contribution is 5.23. The molecule has 0 saturated carbocycles. The highest BCUT2D eigenvalue weighted by Gasteiger charge is 2.26. The lowest BCUT2D eigenvalue weighted by Gasteiger charge is -2.33. The lowest BCUT2D eigenvalue weighted by atomic mass is 9.86. The van der Waals surface area contributed by atoms with Crippen LogP contribution in [0, 0.1) is 11.7 Å². The molecule has 2 aromatic rings. The summed E-state index contributed by atoms with van der Waals surface area (Å²) in [6.07, 6.45) is 5.13. The molecule has 2 heterocycles. The Morgan fingerprint density at radius 1 is 1.33 bits per heavy atom. The Bertz CT molecular complexity index is 635. The van der Waals surface area contributed by atoms with Crippen LogP contribution in [-0.4, -0.2) is 28.9 Å². The summed E-state index contributed by atoms with van der Waals surface area (Å²) in [6, 6.07) is 7.30. The molecule has 1 aromatic carbocycles. The predicted molar refractivity (Wildman–Crippen MR) is 94.3 cm³/mol. The van der Waals surface area contributed by atoms with E-state index in [2.05, 4.69) is 35.8 Å². The summed E-state index contributed by atoms with van der Waals surface area (Å²) in [7, 11) is 0. The zero-order valence-corrected chi connectivity index (χ0v) is 14.5. The van der Waals surface area contributed by atoms with E-state index in [9.17, 15) is 4.39 Å². The number of hydrogen-bond acceptors (Lipinski definition) is 3. The molecule has 2 N–H and O–H groups in total. The minimum Gasteiger partial charge on any atom is -0.315 e. The van der Waals surface area contributed by atoms with E-state index >= 15 is 0 Å². The van der Waals surface area contributed by atoms with E-state index < -0.39 is 0 Å². The normalized spacial score (nSPS) is 21.3. The van der Waals surface area contributed by atoms with Gasteiger partial charge in [0.15, 0.2) is 0 Å². The second kappa shape index (κ2) is 7.90. The molecule has 1 fully saturated rings. The number of aromatic nitrogens is 2. The third-order valence-corrected chi connectivity index (χ3v) is 4.59. The molecule has 5 heteroatoms. The third kappa shape index (κ3) is 4.42. The first-order valence-corrected chi connectivity index (χ1v) is 8.82. The van der Waals surface area contributed by atoms with E-state index in [0.29, 0.717) is 17.9 Å². The Morgan fingerprint density at radius 2 is 2.12 bits per heavy atom. The predicted octanol–water partition coefficient (Wildman–Crippen LogP) is 2.91. The average molecular weight is 330 g/mol. The van der Waals surface area contributed by atoms with Crippen LogP contribution in [0.4, 0.5) is 4.39 Å². The summed E-state index contributed by atoms with van der Waals surface area (Å²) in [5.74, 6) is 0.837. The summed E-state index contributed by atoms with van der Waals surface area (Å²) in [6.45, 7) is 8.08. The van der Waals surface area contributed by atoms with Crippen molar-refractivity contribution in [2.75, 3.05) is 13.1 Å². The number of nitrogens with zero attached hydrogens (tertiary/aromatic N) is 2. The summed E-state index contributed by atoms with van der Waals surface area (Å²) in [4.78, 5) is 0. The highest BCUT2D eigenvalue weighted by atomic mass is 19.1. The largest absolute Gasteiger partial charge is 0.315 e. The maximum Gasteiger partial charge on any atom is 0.123 e. The number of nitrogens with one attached hydrogen (secondary N) is 2. The van der Waals surface area contributed by atoms with Crippen molar-refractivity contribution >= 4 is 0 Å². The molecule has 0 aliphatic carbocycles. The van der Waals surface area contributed by atoms with Gasteiger partial charge in [-0.3, -0.25) is 4.68 Å². The van der Waals surface area contributed by atoms with Crippen LogP contribution in [0.5, 0.6) is 0 Å². The van der Waals surface area contributed by atoms with Gasteiger partial charge in [0, 0.05) is 43.4 Å². The van der Waals surface area contributed by atoms with Crippen molar-refractivity contribution in [3.63, 3.8) is 0 Å². The van der Waals surface area contributed by atoms with Crippen LogP contribution in [0.2, 0.25) is 0 Å². The Morgan fingerprint density at radius 3 is 2.88 bits per heavy atom. The number of rotatable bonds is 6. The minimum atomic E-state index is -0.172. The molecule has 24 heavy (non-hydrogen) atoms. The van der Waals surface area contributed by atoms with Gasteiger partial charge >= 0.3 is 0 Å².